The summed E-state index contributed by atoms with van der Waals surface area (Å²) in [6, 6.07) is 0.267. The zero-order valence-electron chi connectivity index (χ0n) is 10.4. The maximum Gasteiger partial charge on any atom is 0.309 e. The van der Waals surface area contributed by atoms with Crippen LogP contribution in [0, 0.1) is 11.8 Å². The molecule has 2 fully saturated rings. The number of carbonyl (C=O) groups excluding carboxylic acids is 2. The molecule has 0 saturated carbocycles. The molecule has 0 aromatic carbocycles. The first kappa shape index (κ1) is 12.4. The van der Waals surface area contributed by atoms with E-state index in [1.165, 1.54) is 7.11 Å². The number of methoxy groups -OCH3 is 1. The Morgan fingerprint density at radius 2 is 2.41 bits per heavy atom. The second-order valence-corrected chi connectivity index (χ2v) is 4.98. The average molecular weight is 240 g/mol. The SMILES string of the molecule is COC(=O)C(C)CN1CCCC2C(=O)NCC21. The summed E-state index contributed by atoms with van der Waals surface area (Å²) in [5.74, 6) is -0.0159. The molecule has 96 valence electrons. The summed E-state index contributed by atoms with van der Waals surface area (Å²) < 4.78 is 4.74. The molecule has 1 N–H and O–H groups in total. The first-order valence-electron chi connectivity index (χ1n) is 6.23. The second-order valence-electron chi connectivity index (χ2n) is 4.98. The molecular weight excluding hydrogens is 220 g/mol. The third kappa shape index (κ3) is 2.44. The Kier molecular flexibility index (Phi) is 3.66. The summed E-state index contributed by atoms with van der Waals surface area (Å²) in [6.07, 6.45) is 2.00. The van der Waals surface area contributed by atoms with E-state index >= 15 is 0 Å². The van der Waals surface area contributed by atoms with Crippen LogP contribution in [0.1, 0.15) is 19.8 Å². The molecule has 5 nitrogen and oxygen atoms in total. The molecule has 2 aliphatic heterocycles. The summed E-state index contributed by atoms with van der Waals surface area (Å²) in [6.45, 7) is 4.25. The molecule has 0 aliphatic carbocycles. The lowest BCUT2D eigenvalue weighted by Crippen LogP contribution is -2.48. The Balaban J connectivity index is 1.96. The summed E-state index contributed by atoms with van der Waals surface area (Å²) in [7, 11) is 1.42. The van der Waals surface area contributed by atoms with Gasteiger partial charge in [0.25, 0.3) is 0 Å². The van der Waals surface area contributed by atoms with E-state index in [0.717, 1.165) is 25.9 Å². The monoisotopic (exact) mass is 240 g/mol. The van der Waals surface area contributed by atoms with Crippen LogP contribution < -0.4 is 5.32 Å². The Morgan fingerprint density at radius 1 is 1.65 bits per heavy atom. The molecule has 2 aliphatic rings. The predicted molar refractivity (Wildman–Crippen MR) is 62.3 cm³/mol. The number of nitrogens with one attached hydrogen (secondary N) is 1. The fourth-order valence-corrected chi connectivity index (χ4v) is 2.89. The molecular formula is C12H20N2O3. The number of carbonyl (C=O) groups is 2. The number of fused-ring (bicyclic) bond motifs is 1. The normalized spacial score (nSPS) is 30.6. The number of hydrogen-bond donors (Lipinski definition) is 1. The van der Waals surface area contributed by atoms with Crippen molar-refractivity contribution in [3.8, 4) is 0 Å². The molecule has 0 bridgehead atoms. The minimum atomic E-state index is -0.176. The van der Waals surface area contributed by atoms with Gasteiger partial charge in [0.15, 0.2) is 0 Å². The van der Waals surface area contributed by atoms with Crippen LogP contribution in [0.15, 0.2) is 0 Å². The van der Waals surface area contributed by atoms with Gasteiger partial charge in [-0.3, -0.25) is 14.5 Å². The Bertz CT molecular complexity index is 319. The third-order valence-corrected chi connectivity index (χ3v) is 3.83. The highest BCUT2D eigenvalue weighted by atomic mass is 16.5. The van der Waals surface area contributed by atoms with Crippen molar-refractivity contribution in [3.63, 3.8) is 0 Å². The van der Waals surface area contributed by atoms with Crippen LogP contribution >= 0.6 is 0 Å². The minimum absolute atomic E-state index is 0.119. The molecule has 0 aromatic heterocycles. The number of hydrogen-bond acceptors (Lipinski definition) is 4. The predicted octanol–water partition coefficient (Wildman–Crippen LogP) is 0.00590. The number of rotatable bonds is 3. The van der Waals surface area contributed by atoms with Gasteiger partial charge in [-0.1, -0.05) is 6.92 Å². The fraction of sp³-hybridized carbons (Fsp3) is 0.833. The molecule has 2 rings (SSSR count). The van der Waals surface area contributed by atoms with Gasteiger partial charge in [-0.25, -0.2) is 0 Å². The number of likely N-dealkylation sites (tertiary alicyclic amines) is 1. The van der Waals surface area contributed by atoms with Gasteiger partial charge in [-0.2, -0.15) is 0 Å². The molecule has 0 spiro atoms. The van der Waals surface area contributed by atoms with E-state index in [1.807, 2.05) is 6.92 Å². The standard InChI is InChI=1S/C12H20N2O3/c1-8(12(16)17-2)7-14-5-3-4-9-10(14)6-13-11(9)15/h8-10H,3-7H2,1-2H3,(H,13,15). The van der Waals surface area contributed by atoms with E-state index in [0.29, 0.717) is 6.54 Å². The summed E-state index contributed by atoms with van der Waals surface area (Å²) in [4.78, 5) is 25.3. The van der Waals surface area contributed by atoms with Gasteiger partial charge in [0.1, 0.15) is 0 Å². The zero-order valence-corrected chi connectivity index (χ0v) is 10.4. The van der Waals surface area contributed by atoms with Crippen molar-refractivity contribution < 1.29 is 14.3 Å². The lowest BCUT2D eigenvalue weighted by Gasteiger charge is -2.36. The number of esters is 1. The maximum absolute atomic E-state index is 11.6. The average Bonchev–Trinajstić information content (AvgIpc) is 2.71. The lowest BCUT2D eigenvalue weighted by atomic mass is 9.91. The largest absolute Gasteiger partial charge is 0.469 e. The topological polar surface area (TPSA) is 58.6 Å². The van der Waals surface area contributed by atoms with E-state index in [1.54, 1.807) is 0 Å². The molecule has 5 heteroatoms. The molecule has 17 heavy (non-hydrogen) atoms. The first-order chi connectivity index (χ1) is 8.13. The van der Waals surface area contributed by atoms with Crippen molar-refractivity contribution >= 4 is 11.9 Å². The fourth-order valence-electron chi connectivity index (χ4n) is 2.89. The second kappa shape index (κ2) is 5.04. The van der Waals surface area contributed by atoms with Gasteiger partial charge in [0, 0.05) is 19.1 Å². The van der Waals surface area contributed by atoms with Crippen LogP contribution in [-0.4, -0.2) is 49.6 Å². The van der Waals surface area contributed by atoms with E-state index in [-0.39, 0.29) is 29.8 Å². The number of amides is 1. The highest BCUT2D eigenvalue weighted by Gasteiger charge is 2.41. The van der Waals surface area contributed by atoms with Gasteiger partial charge < -0.3 is 10.1 Å². The molecule has 3 atom stereocenters. The van der Waals surface area contributed by atoms with Crippen molar-refractivity contribution in [2.75, 3.05) is 26.7 Å². The Morgan fingerprint density at radius 3 is 3.12 bits per heavy atom. The molecule has 2 saturated heterocycles. The highest BCUT2D eigenvalue weighted by Crippen LogP contribution is 2.27. The lowest BCUT2D eigenvalue weighted by molar-refractivity contribution is -0.145. The zero-order chi connectivity index (χ0) is 12.4. The van der Waals surface area contributed by atoms with Crippen molar-refractivity contribution in [2.45, 2.75) is 25.8 Å². The van der Waals surface area contributed by atoms with Gasteiger partial charge >= 0.3 is 5.97 Å². The van der Waals surface area contributed by atoms with Crippen molar-refractivity contribution in [1.82, 2.24) is 10.2 Å². The van der Waals surface area contributed by atoms with Crippen LogP contribution in [0.4, 0.5) is 0 Å². The molecule has 1 amide bonds. The Hall–Kier alpha value is -1.10. The van der Waals surface area contributed by atoms with Crippen LogP contribution in [0.3, 0.4) is 0 Å². The molecule has 0 aromatic rings. The van der Waals surface area contributed by atoms with Gasteiger partial charge in [0.05, 0.1) is 18.9 Å². The summed E-state index contributed by atoms with van der Waals surface area (Å²) in [5.41, 5.74) is 0. The van der Waals surface area contributed by atoms with Crippen LogP contribution in [0.25, 0.3) is 0 Å². The van der Waals surface area contributed by atoms with Gasteiger partial charge in [0.2, 0.25) is 5.91 Å². The van der Waals surface area contributed by atoms with Crippen molar-refractivity contribution in [2.24, 2.45) is 11.8 Å². The third-order valence-electron chi connectivity index (χ3n) is 3.83. The van der Waals surface area contributed by atoms with E-state index in [4.69, 9.17) is 4.74 Å². The van der Waals surface area contributed by atoms with E-state index in [9.17, 15) is 9.59 Å². The quantitative estimate of drug-likeness (QED) is 0.706. The number of ether oxygens (including phenoxy) is 1. The molecule has 3 unspecified atom stereocenters. The molecule has 0 radical (unpaired) electrons. The summed E-state index contributed by atoms with van der Waals surface area (Å²) in [5, 5.41) is 2.91. The highest BCUT2D eigenvalue weighted by molar-refractivity contribution is 5.82. The number of piperidine rings is 1. The van der Waals surface area contributed by atoms with E-state index < -0.39 is 0 Å². The minimum Gasteiger partial charge on any atom is -0.469 e. The van der Waals surface area contributed by atoms with Crippen molar-refractivity contribution in [3.05, 3.63) is 0 Å². The number of nitrogens with zero attached hydrogens (tertiary/aromatic N) is 1. The maximum atomic E-state index is 11.6. The summed E-state index contributed by atoms with van der Waals surface area (Å²) >= 11 is 0. The van der Waals surface area contributed by atoms with Crippen LogP contribution in [0.2, 0.25) is 0 Å². The molecule has 2 heterocycles. The van der Waals surface area contributed by atoms with Gasteiger partial charge in [-0.05, 0) is 19.4 Å². The Labute approximate surface area is 101 Å². The van der Waals surface area contributed by atoms with E-state index in [2.05, 4.69) is 10.2 Å². The van der Waals surface area contributed by atoms with Crippen molar-refractivity contribution in [1.29, 1.82) is 0 Å². The smallest absolute Gasteiger partial charge is 0.309 e. The van der Waals surface area contributed by atoms with Crippen LogP contribution in [0.5, 0.6) is 0 Å². The van der Waals surface area contributed by atoms with Crippen LogP contribution in [-0.2, 0) is 14.3 Å². The van der Waals surface area contributed by atoms with Gasteiger partial charge in [-0.15, -0.1) is 0 Å². The first-order valence-corrected chi connectivity index (χ1v) is 6.23.